The van der Waals surface area contributed by atoms with Gasteiger partial charge in [0, 0.05) is 12.8 Å². The molecule has 0 heterocycles. The van der Waals surface area contributed by atoms with E-state index in [-0.39, 0.29) is 24.6 Å². The minimum atomic E-state index is -0.316. The van der Waals surface area contributed by atoms with E-state index in [9.17, 15) is 9.59 Å². The van der Waals surface area contributed by atoms with Crippen LogP contribution in [0.15, 0.2) is 24.3 Å². The van der Waals surface area contributed by atoms with E-state index < -0.39 is 0 Å². The van der Waals surface area contributed by atoms with Gasteiger partial charge in [-0.05, 0) is 70.6 Å². The van der Waals surface area contributed by atoms with Crippen LogP contribution in [0.3, 0.4) is 0 Å². The average molecular weight is 633 g/mol. The van der Waals surface area contributed by atoms with E-state index in [1.807, 2.05) is 0 Å². The molecule has 0 radical (unpaired) electrons. The smallest absolute Gasteiger partial charge is 0.306 e. The molecule has 0 aliphatic heterocycles. The first-order chi connectivity index (χ1) is 22.1. The molecular weight excluding hydrogens is 556 g/mol. The lowest BCUT2D eigenvalue weighted by Gasteiger charge is -2.17. The molecule has 4 heteroatoms. The molecule has 0 aromatic heterocycles. The standard InChI is InChI=1S/C41H76O4/c1-4-7-9-11-13-15-17-19-21-23-25-27-29-31-33-36-40(42)44-38-39(35-6-3)45-41(43)37-34-32-30-28-26-24-22-20-18-16-14-12-10-8-5-2/h19-22,39H,4-18,23-38H2,1-3H3/b21-19+,22-20+. The number of allylic oxidation sites excluding steroid dienone is 4. The second kappa shape index (κ2) is 36.9. The molecule has 1 atom stereocenters. The van der Waals surface area contributed by atoms with Gasteiger partial charge in [0.05, 0.1) is 0 Å². The molecular formula is C41H76O4. The summed E-state index contributed by atoms with van der Waals surface area (Å²) in [5.74, 6) is -0.318. The van der Waals surface area contributed by atoms with Crippen molar-refractivity contribution in [3.05, 3.63) is 24.3 Å². The van der Waals surface area contributed by atoms with Crippen LogP contribution in [0.25, 0.3) is 0 Å². The minimum Gasteiger partial charge on any atom is -0.462 e. The summed E-state index contributed by atoms with van der Waals surface area (Å²) in [6.45, 7) is 6.79. The molecule has 0 saturated carbocycles. The number of ether oxygens (including phenoxy) is 2. The summed E-state index contributed by atoms with van der Waals surface area (Å²) in [7, 11) is 0. The van der Waals surface area contributed by atoms with Crippen molar-refractivity contribution >= 4 is 11.9 Å². The van der Waals surface area contributed by atoms with Gasteiger partial charge in [-0.25, -0.2) is 0 Å². The Morgan fingerprint density at radius 2 is 0.800 bits per heavy atom. The van der Waals surface area contributed by atoms with Crippen LogP contribution in [-0.2, 0) is 19.1 Å². The quantitative estimate of drug-likeness (QED) is 0.0396. The Kier molecular flexibility index (Phi) is 35.6. The summed E-state index contributed by atoms with van der Waals surface area (Å²) < 4.78 is 11.1. The first-order valence-electron chi connectivity index (χ1n) is 19.8. The van der Waals surface area contributed by atoms with E-state index in [1.54, 1.807) is 0 Å². The molecule has 0 saturated heterocycles. The topological polar surface area (TPSA) is 52.6 Å². The van der Waals surface area contributed by atoms with Gasteiger partial charge in [-0.15, -0.1) is 0 Å². The molecule has 0 amide bonds. The first kappa shape index (κ1) is 43.4. The van der Waals surface area contributed by atoms with Gasteiger partial charge in [0.2, 0.25) is 0 Å². The average Bonchev–Trinajstić information content (AvgIpc) is 3.03. The van der Waals surface area contributed by atoms with E-state index in [1.165, 1.54) is 141 Å². The molecule has 0 rings (SSSR count). The van der Waals surface area contributed by atoms with Gasteiger partial charge in [0.1, 0.15) is 12.7 Å². The van der Waals surface area contributed by atoms with E-state index in [0.29, 0.717) is 12.8 Å². The number of unbranched alkanes of at least 4 members (excludes halogenated alkanes) is 22. The van der Waals surface area contributed by atoms with Crippen molar-refractivity contribution in [3.8, 4) is 0 Å². The third-order valence-corrected chi connectivity index (χ3v) is 8.62. The van der Waals surface area contributed by atoms with Crippen molar-refractivity contribution in [1.29, 1.82) is 0 Å². The van der Waals surface area contributed by atoms with Crippen LogP contribution < -0.4 is 0 Å². The largest absolute Gasteiger partial charge is 0.462 e. The van der Waals surface area contributed by atoms with Crippen molar-refractivity contribution in [3.63, 3.8) is 0 Å². The number of esters is 2. The zero-order chi connectivity index (χ0) is 32.9. The second-order valence-electron chi connectivity index (χ2n) is 13.3. The fraction of sp³-hybridized carbons (Fsp3) is 0.854. The Bertz CT molecular complexity index is 683. The predicted octanol–water partition coefficient (Wildman–Crippen LogP) is 13.3. The van der Waals surface area contributed by atoms with Gasteiger partial charge >= 0.3 is 11.9 Å². The van der Waals surface area contributed by atoms with Gasteiger partial charge in [-0.2, -0.15) is 0 Å². The van der Waals surface area contributed by atoms with Crippen LogP contribution in [0.2, 0.25) is 0 Å². The van der Waals surface area contributed by atoms with Crippen molar-refractivity contribution in [2.75, 3.05) is 6.61 Å². The third-order valence-electron chi connectivity index (χ3n) is 8.62. The minimum absolute atomic E-state index is 0.153. The Morgan fingerprint density at radius 1 is 0.444 bits per heavy atom. The van der Waals surface area contributed by atoms with E-state index in [2.05, 4.69) is 45.1 Å². The molecule has 4 nitrogen and oxygen atoms in total. The number of hydrogen-bond donors (Lipinski definition) is 0. The summed E-state index contributed by atoms with van der Waals surface area (Å²) in [6.07, 6.45) is 44.0. The maximum Gasteiger partial charge on any atom is 0.306 e. The van der Waals surface area contributed by atoms with Crippen LogP contribution in [0, 0.1) is 0 Å². The maximum atomic E-state index is 12.4. The summed E-state index contributed by atoms with van der Waals surface area (Å²) in [4.78, 5) is 24.6. The summed E-state index contributed by atoms with van der Waals surface area (Å²) in [5, 5.41) is 0. The van der Waals surface area contributed by atoms with Crippen LogP contribution in [0.1, 0.15) is 213 Å². The zero-order valence-corrected chi connectivity index (χ0v) is 30.4. The Balaban J connectivity index is 3.68. The number of carbonyl (C=O) groups excluding carboxylic acids is 2. The van der Waals surface area contributed by atoms with Gasteiger partial charge < -0.3 is 9.47 Å². The number of rotatable bonds is 35. The molecule has 1 unspecified atom stereocenters. The molecule has 0 spiro atoms. The van der Waals surface area contributed by atoms with Crippen molar-refractivity contribution in [1.82, 2.24) is 0 Å². The molecule has 0 aliphatic rings. The highest BCUT2D eigenvalue weighted by Crippen LogP contribution is 2.13. The number of hydrogen-bond acceptors (Lipinski definition) is 4. The van der Waals surface area contributed by atoms with Crippen LogP contribution in [0.4, 0.5) is 0 Å². The van der Waals surface area contributed by atoms with E-state index in [0.717, 1.165) is 38.5 Å². The van der Waals surface area contributed by atoms with Gasteiger partial charge in [-0.1, -0.05) is 154 Å². The highest BCUT2D eigenvalue weighted by Gasteiger charge is 2.16. The van der Waals surface area contributed by atoms with Crippen LogP contribution >= 0.6 is 0 Å². The maximum absolute atomic E-state index is 12.4. The molecule has 0 aliphatic carbocycles. The summed E-state index contributed by atoms with van der Waals surface area (Å²) in [5.41, 5.74) is 0. The van der Waals surface area contributed by atoms with E-state index >= 15 is 0 Å². The lowest BCUT2D eigenvalue weighted by molar-refractivity contribution is -0.159. The Hall–Kier alpha value is -1.58. The fourth-order valence-electron chi connectivity index (χ4n) is 5.68. The molecule has 0 fully saturated rings. The molecule has 45 heavy (non-hydrogen) atoms. The molecule has 264 valence electrons. The molecule has 0 aromatic carbocycles. The van der Waals surface area contributed by atoms with Gasteiger partial charge in [0.25, 0.3) is 0 Å². The monoisotopic (exact) mass is 633 g/mol. The van der Waals surface area contributed by atoms with Gasteiger partial charge in [0.15, 0.2) is 0 Å². The normalized spacial score (nSPS) is 12.3. The Labute approximate surface area is 281 Å². The van der Waals surface area contributed by atoms with E-state index in [4.69, 9.17) is 9.47 Å². The highest BCUT2D eigenvalue weighted by atomic mass is 16.6. The first-order valence-corrected chi connectivity index (χ1v) is 19.8. The number of carbonyl (C=O) groups is 2. The lowest BCUT2D eigenvalue weighted by atomic mass is 10.1. The molecule has 0 N–H and O–H groups in total. The zero-order valence-electron chi connectivity index (χ0n) is 30.4. The third kappa shape index (κ3) is 35.1. The lowest BCUT2D eigenvalue weighted by Crippen LogP contribution is -2.25. The Morgan fingerprint density at radius 3 is 1.20 bits per heavy atom. The fourth-order valence-corrected chi connectivity index (χ4v) is 5.68. The van der Waals surface area contributed by atoms with Gasteiger partial charge in [-0.3, -0.25) is 9.59 Å². The van der Waals surface area contributed by atoms with Crippen molar-refractivity contribution < 1.29 is 19.1 Å². The van der Waals surface area contributed by atoms with Crippen LogP contribution in [0.5, 0.6) is 0 Å². The predicted molar refractivity (Wildman–Crippen MR) is 195 cm³/mol. The summed E-state index contributed by atoms with van der Waals surface area (Å²) in [6, 6.07) is 0. The molecule has 0 aromatic rings. The van der Waals surface area contributed by atoms with Crippen molar-refractivity contribution in [2.24, 2.45) is 0 Å². The SMILES string of the molecule is CCCCCCCC/C=C/CCCCCCCC(=O)OCC(CCC)OC(=O)CCCCCCC/C=C/CCCCCCCC. The second-order valence-corrected chi connectivity index (χ2v) is 13.3. The molecule has 0 bridgehead atoms. The highest BCUT2D eigenvalue weighted by molar-refractivity contribution is 5.70. The van der Waals surface area contributed by atoms with Crippen molar-refractivity contribution in [2.45, 2.75) is 219 Å². The van der Waals surface area contributed by atoms with Crippen LogP contribution in [-0.4, -0.2) is 24.6 Å². The summed E-state index contributed by atoms with van der Waals surface area (Å²) >= 11 is 0.